The highest BCUT2D eigenvalue weighted by molar-refractivity contribution is 8.93. The standard InChI is InChI=1S/C10H9NO2.BrH/c12-6-10-9-5-8(13)2-1-7(9)3-4-11-10;/h1-6,10-11,13H;1H. The highest BCUT2D eigenvalue weighted by Crippen LogP contribution is 2.25. The lowest BCUT2D eigenvalue weighted by molar-refractivity contribution is -0.109. The van der Waals surface area contributed by atoms with E-state index in [1.54, 1.807) is 24.4 Å². The van der Waals surface area contributed by atoms with Crippen molar-refractivity contribution in [2.24, 2.45) is 0 Å². The molecule has 2 N–H and O–H groups in total. The second kappa shape index (κ2) is 4.28. The molecule has 0 aromatic heterocycles. The number of fused-ring (bicyclic) bond motifs is 1. The number of aldehydes is 1. The first-order valence-corrected chi connectivity index (χ1v) is 4.02. The molecular weight excluding hydrogens is 246 g/mol. The van der Waals surface area contributed by atoms with Crippen molar-refractivity contribution in [2.45, 2.75) is 6.04 Å². The van der Waals surface area contributed by atoms with Gasteiger partial charge >= 0.3 is 0 Å². The summed E-state index contributed by atoms with van der Waals surface area (Å²) < 4.78 is 0. The van der Waals surface area contributed by atoms with Gasteiger partial charge in [-0.25, -0.2) is 0 Å². The summed E-state index contributed by atoms with van der Waals surface area (Å²) in [4.78, 5) is 10.7. The minimum absolute atomic E-state index is 0. The third kappa shape index (κ3) is 1.80. The fraction of sp³-hybridized carbons (Fsp3) is 0.100. The summed E-state index contributed by atoms with van der Waals surface area (Å²) in [6.07, 6.45) is 4.43. The first-order valence-electron chi connectivity index (χ1n) is 4.02. The molecule has 0 spiro atoms. The summed E-state index contributed by atoms with van der Waals surface area (Å²) in [5, 5.41) is 12.1. The van der Waals surface area contributed by atoms with Gasteiger partial charge in [0.05, 0.1) is 0 Å². The van der Waals surface area contributed by atoms with Gasteiger partial charge in [-0.3, -0.25) is 0 Å². The summed E-state index contributed by atoms with van der Waals surface area (Å²) in [6, 6.07) is 4.66. The summed E-state index contributed by atoms with van der Waals surface area (Å²) >= 11 is 0. The van der Waals surface area contributed by atoms with Crippen molar-refractivity contribution >= 4 is 29.3 Å². The topological polar surface area (TPSA) is 49.3 Å². The van der Waals surface area contributed by atoms with E-state index in [0.29, 0.717) is 0 Å². The Bertz CT molecular complexity index is 376. The van der Waals surface area contributed by atoms with E-state index in [0.717, 1.165) is 17.4 Å². The molecule has 3 nitrogen and oxygen atoms in total. The van der Waals surface area contributed by atoms with Gasteiger partial charge < -0.3 is 15.2 Å². The van der Waals surface area contributed by atoms with Crippen molar-refractivity contribution in [1.82, 2.24) is 5.32 Å². The summed E-state index contributed by atoms with van der Waals surface area (Å²) in [7, 11) is 0. The quantitative estimate of drug-likeness (QED) is 0.753. The number of aromatic hydroxyl groups is 1. The number of hydrogen-bond donors (Lipinski definition) is 2. The van der Waals surface area contributed by atoms with Crippen LogP contribution in [0.3, 0.4) is 0 Å². The van der Waals surface area contributed by atoms with Gasteiger partial charge in [0.15, 0.2) is 0 Å². The Morgan fingerprint density at radius 3 is 2.93 bits per heavy atom. The molecule has 1 heterocycles. The second-order valence-corrected chi connectivity index (χ2v) is 2.93. The van der Waals surface area contributed by atoms with Crippen molar-refractivity contribution in [3.05, 3.63) is 35.5 Å². The Kier molecular flexibility index (Phi) is 3.30. The molecule has 0 bridgehead atoms. The fourth-order valence-electron chi connectivity index (χ4n) is 1.43. The number of phenols is 1. The highest BCUT2D eigenvalue weighted by Gasteiger charge is 2.15. The van der Waals surface area contributed by atoms with E-state index >= 15 is 0 Å². The van der Waals surface area contributed by atoms with Gasteiger partial charge in [-0.05, 0) is 35.5 Å². The molecule has 1 aliphatic heterocycles. The van der Waals surface area contributed by atoms with E-state index in [1.807, 2.05) is 6.08 Å². The van der Waals surface area contributed by atoms with Crippen LogP contribution in [0.4, 0.5) is 0 Å². The van der Waals surface area contributed by atoms with Crippen molar-refractivity contribution in [1.29, 1.82) is 0 Å². The maximum Gasteiger partial charge on any atom is 0.146 e. The van der Waals surface area contributed by atoms with Crippen LogP contribution in [0.5, 0.6) is 5.75 Å². The van der Waals surface area contributed by atoms with Gasteiger partial charge in [-0.2, -0.15) is 0 Å². The molecule has 2 rings (SSSR count). The molecule has 1 atom stereocenters. The summed E-state index contributed by atoms with van der Waals surface area (Å²) in [5.74, 6) is 0.183. The number of carbonyl (C=O) groups excluding carboxylic acids is 1. The minimum Gasteiger partial charge on any atom is -0.508 e. The molecule has 0 radical (unpaired) electrons. The lowest BCUT2D eigenvalue weighted by Gasteiger charge is -2.18. The van der Waals surface area contributed by atoms with Gasteiger partial charge in [0.1, 0.15) is 18.1 Å². The van der Waals surface area contributed by atoms with E-state index in [4.69, 9.17) is 0 Å². The molecule has 0 saturated heterocycles. The van der Waals surface area contributed by atoms with Crippen LogP contribution in [0.2, 0.25) is 0 Å². The number of rotatable bonds is 1. The predicted molar refractivity (Wildman–Crippen MR) is 59.4 cm³/mol. The molecule has 0 fully saturated rings. The normalized spacial score (nSPS) is 17.6. The van der Waals surface area contributed by atoms with Gasteiger partial charge in [0.2, 0.25) is 0 Å². The Balaban J connectivity index is 0.000000980. The van der Waals surface area contributed by atoms with E-state index in [2.05, 4.69) is 5.32 Å². The van der Waals surface area contributed by atoms with Crippen LogP contribution in [-0.4, -0.2) is 11.4 Å². The van der Waals surface area contributed by atoms with Gasteiger partial charge in [0, 0.05) is 0 Å². The van der Waals surface area contributed by atoms with Crippen molar-refractivity contribution in [3.63, 3.8) is 0 Å². The molecule has 0 saturated carbocycles. The number of halogens is 1. The molecule has 0 amide bonds. The van der Waals surface area contributed by atoms with Crippen LogP contribution in [0.15, 0.2) is 24.4 Å². The number of nitrogens with one attached hydrogen (secondary N) is 1. The lowest BCUT2D eigenvalue weighted by atomic mass is 9.98. The zero-order valence-electron chi connectivity index (χ0n) is 7.31. The van der Waals surface area contributed by atoms with Crippen molar-refractivity contribution in [2.75, 3.05) is 0 Å². The minimum atomic E-state index is -0.341. The summed E-state index contributed by atoms with van der Waals surface area (Å²) in [6.45, 7) is 0. The Morgan fingerprint density at radius 2 is 2.21 bits per heavy atom. The zero-order valence-corrected chi connectivity index (χ0v) is 9.02. The fourth-order valence-corrected chi connectivity index (χ4v) is 1.43. The molecule has 14 heavy (non-hydrogen) atoms. The molecule has 1 aromatic carbocycles. The molecule has 4 heteroatoms. The number of carbonyl (C=O) groups is 1. The lowest BCUT2D eigenvalue weighted by Crippen LogP contribution is -2.20. The Morgan fingerprint density at radius 1 is 1.43 bits per heavy atom. The SMILES string of the molecule is Br.O=CC1NC=Cc2ccc(O)cc21. The molecule has 0 aliphatic carbocycles. The van der Waals surface area contributed by atoms with E-state index < -0.39 is 0 Å². The van der Waals surface area contributed by atoms with Crippen LogP contribution in [0.1, 0.15) is 17.2 Å². The summed E-state index contributed by atoms with van der Waals surface area (Å²) in [5.41, 5.74) is 1.78. The molecule has 74 valence electrons. The van der Waals surface area contributed by atoms with E-state index in [9.17, 15) is 9.90 Å². The van der Waals surface area contributed by atoms with Crippen molar-refractivity contribution < 1.29 is 9.90 Å². The molecular formula is C10H10BrNO2. The van der Waals surface area contributed by atoms with Crippen LogP contribution >= 0.6 is 17.0 Å². The number of hydrogen-bond acceptors (Lipinski definition) is 3. The highest BCUT2D eigenvalue weighted by atomic mass is 79.9. The van der Waals surface area contributed by atoms with Crippen molar-refractivity contribution in [3.8, 4) is 5.75 Å². The molecule has 1 aromatic rings. The van der Waals surface area contributed by atoms with Gasteiger partial charge in [-0.1, -0.05) is 6.07 Å². The Hall–Kier alpha value is -1.29. The smallest absolute Gasteiger partial charge is 0.146 e. The average Bonchev–Trinajstić information content (AvgIpc) is 2.17. The first kappa shape index (κ1) is 10.8. The van der Waals surface area contributed by atoms with E-state index in [-0.39, 0.29) is 28.8 Å². The Labute approximate surface area is 92.2 Å². The molecule has 1 aliphatic rings. The van der Waals surface area contributed by atoms with E-state index in [1.165, 1.54) is 0 Å². The van der Waals surface area contributed by atoms with Crippen LogP contribution < -0.4 is 5.32 Å². The number of phenolic OH excluding ortho intramolecular Hbond substituents is 1. The van der Waals surface area contributed by atoms with Gasteiger partial charge in [0.25, 0.3) is 0 Å². The average molecular weight is 256 g/mol. The van der Waals surface area contributed by atoms with Gasteiger partial charge in [-0.15, -0.1) is 17.0 Å². The molecule has 1 unspecified atom stereocenters. The second-order valence-electron chi connectivity index (χ2n) is 2.93. The third-order valence-corrected chi connectivity index (χ3v) is 2.08. The first-order chi connectivity index (χ1) is 6.31. The largest absolute Gasteiger partial charge is 0.508 e. The maximum absolute atomic E-state index is 10.7. The zero-order chi connectivity index (χ0) is 9.26. The predicted octanol–water partition coefficient (Wildman–Crippen LogP) is 1.78. The number of benzene rings is 1. The van der Waals surface area contributed by atoms with Crippen LogP contribution in [0.25, 0.3) is 6.08 Å². The van der Waals surface area contributed by atoms with Crippen LogP contribution in [-0.2, 0) is 4.79 Å². The third-order valence-electron chi connectivity index (χ3n) is 2.08. The van der Waals surface area contributed by atoms with Crippen LogP contribution in [0, 0.1) is 0 Å². The maximum atomic E-state index is 10.7. The monoisotopic (exact) mass is 255 g/mol.